The van der Waals surface area contributed by atoms with Crippen molar-refractivity contribution in [3.63, 3.8) is 0 Å². The number of rotatable bonds is 8. The predicted molar refractivity (Wildman–Crippen MR) is 120 cm³/mol. The van der Waals surface area contributed by atoms with Crippen molar-refractivity contribution in [2.75, 3.05) is 19.6 Å². The number of fused-ring (bicyclic) bond motifs is 1. The smallest absolute Gasteiger partial charge is 0.226 e. The van der Waals surface area contributed by atoms with Gasteiger partial charge in [0.1, 0.15) is 5.82 Å². The second-order valence-electron chi connectivity index (χ2n) is 9.01. The van der Waals surface area contributed by atoms with Crippen molar-refractivity contribution in [3.8, 4) is 0 Å². The molecule has 1 amide bonds. The maximum Gasteiger partial charge on any atom is 0.226 e. The third-order valence-electron chi connectivity index (χ3n) is 6.15. The van der Waals surface area contributed by atoms with Gasteiger partial charge >= 0.3 is 0 Å². The van der Waals surface area contributed by atoms with Crippen LogP contribution in [0.1, 0.15) is 72.2 Å². The molecule has 1 fully saturated rings. The Labute approximate surface area is 176 Å². The molecule has 0 spiro atoms. The highest BCUT2D eigenvalue weighted by molar-refractivity contribution is 5.79. The minimum Gasteiger partial charge on any atom is -0.340 e. The SMILES string of the molecule is CCCCN(C(=O)C1CCN(Cc2nc3ccccc3n2C(C)C)CC1)C(C)C. The second-order valence-corrected chi connectivity index (χ2v) is 9.01. The van der Waals surface area contributed by atoms with E-state index in [0.717, 1.165) is 63.2 Å². The summed E-state index contributed by atoms with van der Waals surface area (Å²) in [6.07, 6.45) is 4.13. The number of aromatic nitrogens is 2. The average molecular weight is 399 g/mol. The molecule has 160 valence electrons. The monoisotopic (exact) mass is 398 g/mol. The van der Waals surface area contributed by atoms with Crippen molar-refractivity contribution in [2.24, 2.45) is 5.92 Å². The maximum absolute atomic E-state index is 13.1. The lowest BCUT2D eigenvalue weighted by atomic mass is 9.94. The van der Waals surface area contributed by atoms with Crippen LogP contribution in [-0.2, 0) is 11.3 Å². The minimum atomic E-state index is 0.175. The van der Waals surface area contributed by atoms with Crippen molar-refractivity contribution < 1.29 is 4.79 Å². The van der Waals surface area contributed by atoms with Gasteiger partial charge in [-0.15, -0.1) is 0 Å². The van der Waals surface area contributed by atoms with Crippen molar-refractivity contribution in [1.29, 1.82) is 0 Å². The van der Waals surface area contributed by atoms with Gasteiger partial charge in [-0.1, -0.05) is 25.5 Å². The Morgan fingerprint density at radius 1 is 1.17 bits per heavy atom. The molecule has 2 aromatic rings. The number of piperidine rings is 1. The second kappa shape index (κ2) is 9.75. The van der Waals surface area contributed by atoms with Gasteiger partial charge in [-0.25, -0.2) is 4.98 Å². The molecule has 1 aliphatic heterocycles. The lowest BCUT2D eigenvalue weighted by Gasteiger charge is -2.35. The normalized spacial score (nSPS) is 16.2. The van der Waals surface area contributed by atoms with E-state index in [1.165, 1.54) is 5.52 Å². The number of imidazole rings is 1. The minimum absolute atomic E-state index is 0.175. The number of unbranched alkanes of at least 4 members (excludes halogenated alkanes) is 1. The number of likely N-dealkylation sites (tertiary alicyclic amines) is 1. The Hall–Kier alpha value is -1.88. The molecule has 0 N–H and O–H groups in total. The molecule has 1 aromatic heterocycles. The molecule has 0 saturated carbocycles. The Kier molecular flexibility index (Phi) is 7.33. The van der Waals surface area contributed by atoms with Gasteiger partial charge in [0, 0.05) is 24.5 Å². The van der Waals surface area contributed by atoms with Crippen LogP contribution in [0.5, 0.6) is 0 Å². The molecular formula is C24H38N4O. The predicted octanol–water partition coefficient (Wildman–Crippen LogP) is 4.87. The van der Waals surface area contributed by atoms with Gasteiger partial charge in [-0.2, -0.15) is 0 Å². The summed E-state index contributed by atoms with van der Waals surface area (Å²) in [6, 6.07) is 9.07. The zero-order valence-corrected chi connectivity index (χ0v) is 18.9. The number of carbonyl (C=O) groups is 1. The van der Waals surface area contributed by atoms with Crippen LogP contribution < -0.4 is 0 Å². The first-order valence-electron chi connectivity index (χ1n) is 11.4. The highest BCUT2D eigenvalue weighted by Gasteiger charge is 2.30. The maximum atomic E-state index is 13.1. The van der Waals surface area contributed by atoms with E-state index >= 15 is 0 Å². The first-order valence-corrected chi connectivity index (χ1v) is 11.4. The van der Waals surface area contributed by atoms with Crippen LogP contribution in [0.4, 0.5) is 0 Å². The Morgan fingerprint density at radius 2 is 1.86 bits per heavy atom. The van der Waals surface area contributed by atoms with E-state index < -0.39 is 0 Å². The summed E-state index contributed by atoms with van der Waals surface area (Å²) in [5.41, 5.74) is 2.29. The zero-order chi connectivity index (χ0) is 21.0. The van der Waals surface area contributed by atoms with Crippen LogP contribution in [0, 0.1) is 5.92 Å². The number of carbonyl (C=O) groups excluding carboxylic acids is 1. The summed E-state index contributed by atoms with van der Waals surface area (Å²) in [6.45, 7) is 14.6. The molecular weight excluding hydrogens is 360 g/mol. The van der Waals surface area contributed by atoms with E-state index in [1.807, 2.05) is 0 Å². The third kappa shape index (κ3) is 5.00. The molecule has 0 radical (unpaired) electrons. The number of hydrogen-bond donors (Lipinski definition) is 0. The fraction of sp³-hybridized carbons (Fsp3) is 0.667. The number of amides is 1. The van der Waals surface area contributed by atoms with Crippen LogP contribution in [0.2, 0.25) is 0 Å². The first-order chi connectivity index (χ1) is 13.9. The summed E-state index contributed by atoms with van der Waals surface area (Å²) in [5.74, 6) is 1.68. The highest BCUT2D eigenvalue weighted by atomic mass is 16.2. The van der Waals surface area contributed by atoms with Gasteiger partial charge in [0.2, 0.25) is 5.91 Å². The molecule has 29 heavy (non-hydrogen) atoms. The largest absolute Gasteiger partial charge is 0.340 e. The molecule has 5 nitrogen and oxygen atoms in total. The Balaban J connectivity index is 1.64. The standard InChI is InChI=1S/C24H38N4O/c1-6-7-14-27(18(2)3)24(29)20-12-15-26(16-13-20)17-23-25-21-10-8-9-11-22(21)28(23)19(4)5/h8-11,18-20H,6-7,12-17H2,1-5H3. The summed E-state index contributed by atoms with van der Waals surface area (Å²) in [5, 5.41) is 0. The molecule has 2 heterocycles. The molecule has 1 aromatic carbocycles. The van der Waals surface area contributed by atoms with Gasteiger partial charge in [0.05, 0.1) is 17.6 Å². The van der Waals surface area contributed by atoms with Crippen LogP contribution in [0.25, 0.3) is 11.0 Å². The summed E-state index contributed by atoms with van der Waals surface area (Å²) >= 11 is 0. The fourth-order valence-corrected chi connectivity index (χ4v) is 4.51. The van der Waals surface area contributed by atoms with Crippen molar-refractivity contribution >= 4 is 16.9 Å². The molecule has 5 heteroatoms. The topological polar surface area (TPSA) is 41.4 Å². The van der Waals surface area contributed by atoms with E-state index in [9.17, 15) is 4.79 Å². The average Bonchev–Trinajstić information content (AvgIpc) is 3.06. The lowest BCUT2D eigenvalue weighted by molar-refractivity contribution is -0.139. The number of nitrogens with zero attached hydrogens (tertiary/aromatic N) is 4. The fourth-order valence-electron chi connectivity index (χ4n) is 4.51. The van der Waals surface area contributed by atoms with Crippen LogP contribution >= 0.6 is 0 Å². The Morgan fingerprint density at radius 3 is 2.48 bits per heavy atom. The Bertz CT molecular complexity index is 802. The molecule has 1 saturated heterocycles. The molecule has 1 aliphatic rings. The van der Waals surface area contributed by atoms with Gasteiger partial charge in [0.15, 0.2) is 0 Å². The van der Waals surface area contributed by atoms with E-state index in [1.54, 1.807) is 0 Å². The van der Waals surface area contributed by atoms with E-state index in [0.29, 0.717) is 11.9 Å². The summed E-state index contributed by atoms with van der Waals surface area (Å²) in [4.78, 5) is 22.5. The van der Waals surface area contributed by atoms with Gasteiger partial charge in [-0.3, -0.25) is 9.69 Å². The number of para-hydroxylation sites is 2. The lowest BCUT2D eigenvalue weighted by Crippen LogP contribution is -2.45. The highest BCUT2D eigenvalue weighted by Crippen LogP contribution is 2.25. The van der Waals surface area contributed by atoms with Crippen molar-refractivity contribution in [1.82, 2.24) is 19.4 Å². The van der Waals surface area contributed by atoms with Gasteiger partial charge < -0.3 is 9.47 Å². The molecule has 0 bridgehead atoms. The zero-order valence-electron chi connectivity index (χ0n) is 18.9. The van der Waals surface area contributed by atoms with Crippen molar-refractivity contribution in [2.45, 2.75) is 78.9 Å². The van der Waals surface area contributed by atoms with E-state index in [2.05, 4.69) is 73.3 Å². The summed E-state index contributed by atoms with van der Waals surface area (Å²) < 4.78 is 2.36. The van der Waals surface area contributed by atoms with Crippen LogP contribution in [0.15, 0.2) is 24.3 Å². The van der Waals surface area contributed by atoms with E-state index in [4.69, 9.17) is 4.98 Å². The van der Waals surface area contributed by atoms with Crippen molar-refractivity contribution in [3.05, 3.63) is 30.1 Å². The molecule has 3 rings (SSSR count). The van der Waals surface area contributed by atoms with Gasteiger partial charge in [0.25, 0.3) is 0 Å². The van der Waals surface area contributed by atoms with Crippen LogP contribution in [0.3, 0.4) is 0 Å². The molecule has 0 atom stereocenters. The first kappa shape index (κ1) is 21.8. The van der Waals surface area contributed by atoms with E-state index in [-0.39, 0.29) is 12.0 Å². The molecule has 0 aliphatic carbocycles. The van der Waals surface area contributed by atoms with Gasteiger partial charge in [-0.05, 0) is 72.2 Å². The number of benzene rings is 1. The third-order valence-corrected chi connectivity index (χ3v) is 6.15. The quantitative estimate of drug-likeness (QED) is 0.637. The number of hydrogen-bond acceptors (Lipinski definition) is 3. The van der Waals surface area contributed by atoms with Crippen LogP contribution in [-0.4, -0.2) is 50.9 Å². The summed E-state index contributed by atoms with van der Waals surface area (Å²) in [7, 11) is 0. The molecule has 0 unspecified atom stereocenters.